The van der Waals surface area contributed by atoms with E-state index in [0.717, 1.165) is 17.8 Å². The fourth-order valence-electron chi connectivity index (χ4n) is 4.92. The first-order chi connectivity index (χ1) is 15.1. The van der Waals surface area contributed by atoms with Gasteiger partial charge in [-0.3, -0.25) is 9.59 Å². The van der Waals surface area contributed by atoms with Crippen molar-refractivity contribution in [3.63, 3.8) is 0 Å². The van der Waals surface area contributed by atoms with E-state index >= 15 is 0 Å². The second-order valence-electron chi connectivity index (χ2n) is 8.45. The number of hydrogen-bond acceptors (Lipinski definition) is 5. The lowest BCUT2D eigenvalue weighted by Gasteiger charge is -2.48. The lowest BCUT2D eigenvalue weighted by atomic mass is 9.89. The number of carbonyl (C=O) groups is 2. The first kappa shape index (κ1) is 20.3. The van der Waals surface area contributed by atoms with Crippen molar-refractivity contribution in [2.24, 2.45) is 0 Å². The van der Waals surface area contributed by atoms with Crippen LogP contribution in [0.4, 0.5) is 5.82 Å². The molecule has 1 spiro atoms. The number of ether oxygens (including phenoxy) is 1. The zero-order chi connectivity index (χ0) is 21.4. The standard InChI is InChI=1S/C23H25ClN4O3/c24-18-6-4-17(5-7-18)13-28-21(29)14-27(19-8-12-31-15-19)22(30)23(28)9-11-26(16-23)20-3-1-2-10-25-20/h1-7,10,19H,8-9,11-16H2/t19-,23?/m1/s1. The van der Waals surface area contributed by atoms with Crippen molar-refractivity contribution in [2.75, 3.05) is 37.7 Å². The molecule has 1 unspecified atom stereocenters. The van der Waals surface area contributed by atoms with Crippen molar-refractivity contribution in [3.05, 3.63) is 59.2 Å². The van der Waals surface area contributed by atoms with Gasteiger partial charge >= 0.3 is 0 Å². The Balaban J connectivity index is 1.49. The van der Waals surface area contributed by atoms with Gasteiger partial charge < -0.3 is 19.4 Å². The molecule has 1 aromatic carbocycles. The maximum atomic E-state index is 13.9. The van der Waals surface area contributed by atoms with Crippen LogP contribution in [0.5, 0.6) is 0 Å². The van der Waals surface area contributed by atoms with Crippen LogP contribution in [0.3, 0.4) is 0 Å². The molecule has 7 nitrogen and oxygen atoms in total. The number of carbonyl (C=O) groups excluding carboxylic acids is 2. The molecule has 0 bridgehead atoms. The average Bonchev–Trinajstić information content (AvgIpc) is 3.47. The van der Waals surface area contributed by atoms with E-state index in [-0.39, 0.29) is 24.4 Å². The Bertz CT molecular complexity index is 965. The van der Waals surface area contributed by atoms with Crippen molar-refractivity contribution in [2.45, 2.75) is 31.0 Å². The predicted octanol–water partition coefficient (Wildman–Crippen LogP) is 2.34. The molecule has 4 heterocycles. The minimum absolute atomic E-state index is 0.0231. The number of amides is 2. The first-order valence-electron chi connectivity index (χ1n) is 10.7. The molecular formula is C23H25ClN4O3. The lowest BCUT2D eigenvalue weighted by molar-refractivity contribution is -0.166. The van der Waals surface area contributed by atoms with Gasteiger partial charge in [-0.1, -0.05) is 29.8 Å². The monoisotopic (exact) mass is 440 g/mol. The second kappa shape index (κ2) is 8.13. The van der Waals surface area contributed by atoms with E-state index in [2.05, 4.69) is 9.88 Å². The van der Waals surface area contributed by atoms with Gasteiger partial charge in [0.05, 0.1) is 19.2 Å². The number of nitrogens with zero attached hydrogens (tertiary/aromatic N) is 4. The highest BCUT2D eigenvalue weighted by molar-refractivity contribution is 6.30. The zero-order valence-electron chi connectivity index (χ0n) is 17.2. The molecule has 5 rings (SSSR count). The van der Waals surface area contributed by atoms with Crippen molar-refractivity contribution in [1.29, 1.82) is 0 Å². The Labute approximate surface area is 186 Å². The highest BCUT2D eigenvalue weighted by Crippen LogP contribution is 2.37. The normalized spacial score (nSPS) is 26.4. The minimum atomic E-state index is -0.908. The van der Waals surface area contributed by atoms with Crippen LogP contribution >= 0.6 is 11.6 Å². The van der Waals surface area contributed by atoms with Crippen LogP contribution < -0.4 is 4.90 Å². The Morgan fingerprint density at radius 1 is 1.16 bits per heavy atom. The van der Waals surface area contributed by atoms with Crippen LogP contribution in [-0.2, 0) is 20.9 Å². The maximum absolute atomic E-state index is 13.9. The van der Waals surface area contributed by atoms with Gasteiger partial charge in [-0.2, -0.15) is 0 Å². The van der Waals surface area contributed by atoms with Crippen LogP contribution in [0, 0.1) is 0 Å². The van der Waals surface area contributed by atoms with E-state index in [1.165, 1.54) is 0 Å². The summed E-state index contributed by atoms with van der Waals surface area (Å²) in [4.78, 5) is 37.4. The van der Waals surface area contributed by atoms with Gasteiger partial charge in [0.1, 0.15) is 17.9 Å². The third kappa shape index (κ3) is 3.66. The molecule has 3 aliphatic heterocycles. The molecule has 8 heteroatoms. The van der Waals surface area contributed by atoms with Crippen LogP contribution in [0.2, 0.25) is 5.02 Å². The topological polar surface area (TPSA) is 66.0 Å². The van der Waals surface area contributed by atoms with Gasteiger partial charge in [0, 0.05) is 30.9 Å². The predicted molar refractivity (Wildman–Crippen MR) is 117 cm³/mol. The first-order valence-corrected chi connectivity index (χ1v) is 11.0. The number of pyridine rings is 1. The molecule has 2 atom stereocenters. The molecule has 2 aromatic rings. The third-order valence-corrected chi connectivity index (χ3v) is 6.86. The van der Waals surface area contributed by atoms with E-state index in [1.54, 1.807) is 16.0 Å². The summed E-state index contributed by atoms with van der Waals surface area (Å²) in [6.07, 6.45) is 3.10. The number of halogens is 1. The number of piperazine rings is 1. The van der Waals surface area contributed by atoms with Crippen LogP contribution in [0.15, 0.2) is 48.7 Å². The average molecular weight is 441 g/mol. The maximum Gasteiger partial charge on any atom is 0.251 e. The summed E-state index contributed by atoms with van der Waals surface area (Å²) in [6, 6.07) is 13.2. The van der Waals surface area contributed by atoms with Gasteiger partial charge in [-0.15, -0.1) is 0 Å². The van der Waals surface area contributed by atoms with Gasteiger partial charge in [-0.05, 0) is 42.7 Å². The van der Waals surface area contributed by atoms with Crippen molar-refractivity contribution >= 4 is 29.2 Å². The fraction of sp³-hybridized carbons (Fsp3) is 0.435. The SMILES string of the molecule is O=C1CN([C@@H]2CCOC2)C(=O)C2(CCN(c3ccccn3)C2)N1Cc1ccc(Cl)cc1. The Kier molecular flexibility index (Phi) is 5.32. The van der Waals surface area contributed by atoms with E-state index < -0.39 is 5.54 Å². The van der Waals surface area contributed by atoms with Crippen molar-refractivity contribution in [1.82, 2.24) is 14.8 Å². The molecule has 0 saturated carbocycles. The van der Waals surface area contributed by atoms with Crippen LogP contribution in [-0.4, -0.2) is 71.0 Å². The number of aromatic nitrogens is 1. The summed E-state index contributed by atoms with van der Waals surface area (Å²) in [6.45, 7) is 2.72. The smallest absolute Gasteiger partial charge is 0.251 e. The molecule has 0 N–H and O–H groups in total. The summed E-state index contributed by atoms with van der Waals surface area (Å²) in [5.74, 6) is 0.826. The molecule has 2 amide bonds. The molecule has 162 valence electrons. The summed E-state index contributed by atoms with van der Waals surface area (Å²) in [7, 11) is 0. The molecular weight excluding hydrogens is 416 g/mol. The van der Waals surface area contributed by atoms with Gasteiger partial charge in [0.2, 0.25) is 5.91 Å². The molecule has 3 aliphatic rings. The lowest BCUT2D eigenvalue weighted by Crippen LogP contribution is -2.70. The molecule has 1 aromatic heterocycles. The summed E-state index contributed by atoms with van der Waals surface area (Å²) < 4.78 is 5.52. The van der Waals surface area contributed by atoms with Gasteiger partial charge in [0.15, 0.2) is 0 Å². The zero-order valence-corrected chi connectivity index (χ0v) is 18.0. The quantitative estimate of drug-likeness (QED) is 0.730. The highest BCUT2D eigenvalue weighted by Gasteiger charge is 2.57. The van der Waals surface area contributed by atoms with E-state index in [9.17, 15) is 9.59 Å². The van der Waals surface area contributed by atoms with E-state index in [4.69, 9.17) is 16.3 Å². The van der Waals surface area contributed by atoms with Crippen molar-refractivity contribution in [3.8, 4) is 0 Å². The second-order valence-corrected chi connectivity index (χ2v) is 8.88. The Hall–Kier alpha value is -2.64. The number of hydrogen-bond donors (Lipinski definition) is 0. The summed E-state index contributed by atoms with van der Waals surface area (Å²) >= 11 is 6.04. The molecule has 3 saturated heterocycles. The fourth-order valence-corrected chi connectivity index (χ4v) is 5.05. The van der Waals surface area contributed by atoms with Crippen LogP contribution in [0.25, 0.3) is 0 Å². The van der Waals surface area contributed by atoms with Gasteiger partial charge in [-0.25, -0.2) is 4.98 Å². The van der Waals surface area contributed by atoms with E-state index in [0.29, 0.717) is 44.3 Å². The van der Waals surface area contributed by atoms with E-state index in [1.807, 2.05) is 42.5 Å². The number of rotatable bonds is 4. The summed E-state index contributed by atoms with van der Waals surface area (Å²) in [5, 5.41) is 0.647. The minimum Gasteiger partial charge on any atom is -0.379 e. The van der Waals surface area contributed by atoms with Crippen LogP contribution in [0.1, 0.15) is 18.4 Å². The van der Waals surface area contributed by atoms with Gasteiger partial charge in [0.25, 0.3) is 5.91 Å². The molecule has 0 aliphatic carbocycles. The molecule has 0 radical (unpaired) electrons. The molecule has 31 heavy (non-hydrogen) atoms. The summed E-state index contributed by atoms with van der Waals surface area (Å²) in [5.41, 5.74) is 0.0496. The molecule has 3 fully saturated rings. The highest BCUT2D eigenvalue weighted by atomic mass is 35.5. The third-order valence-electron chi connectivity index (χ3n) is 6.60. The Morgan fingerprint density at radius 3 is 2.71 bits per heavy atom. The number of benzene rings is 1. The Morgan fingerprint density at radius 2 is 2.00 bits per heavy atom. The largest absolute Gasteiger partial charge is 0.379 e. The number of anilines is 1. The van der Waals surface area contributed by atoms with Crippen molar-refractivity contribution < 1.29 is 14.3 Å².